The van der Waals surface area contributed by atoms with Crippen LogP contribution in [0, 0.1) is 0 Å². The van der Waals surface area contributed by atoms with Crippen molar-refractivity contribution in [2.45, 2.75) is 13.3 Å². The summed E-state index contributed by atoms with van der Waals surface area (Å²) in [5, 5.41) is 8.44. The summed E-state index contributed by atoms with van der Waals surface area (Å²) in [6, 6.07) is 20.3. The van der Waals surface area contributed by atoms with E-state index in [1.54, 1.807) is 0 Å². The predicted octanol–water partition coefficient (Wildman–Crippen LogP) is 3.58. The van der Waals surface area contributed by atoms with Gasteiger partial charge in [0.1, 0.15) is 5.84 Å². The van der Waals surface area contributed by atoms with Gasteiger partial charge < -0.3 is 0 Å². The summed E-state index contributed by atoms with van der Waals surface area (Å²) in [6.45, 7) is 2.09. The molecule has 0 spiro atoms. The Labute approximate surface area is 125 Å². The van der Waals surface area contributed by atoms with Crippen LogP contribution in [0.3, 0.4) is 0 Å². The number of nitrogens with zero attached hydrogens (tertiary/aromatic N) is 3. The zero-order chi connectivity index (χ0) is 13.1. The fraction of sp³-hybridized carbons (Fsp3) is 0.133. The van der Waals surface area contributed by atoms with E-state index < -0.39 is 0 Å². The highest BCUT2D eigenvalue weighted by Crippen LogP contribution is 2.24. The third kappa shape index (κ3) is 2.70. The molecule has 1 aliphatic heterocycles. The highest BCUT2D eigenvalue weighted by atomic mass is 35.5. The van der Waals surface area contributed by atoms with Gasteiger partial charge in [-0.05, 0) is 24.3 Å². The van der Waals surface area contributed by atoms with Crippen molar-refractivity contribution in [3.63, 3.8) is 0 Å². The van der Waals surface area contributed by atoms with Crippen molar-refractivity contribution >= 4 is 29.6 Å². The molecular weight excluding hydrogens is 272 g/mol. The number of nitrogens with one attached hydrogen (secondary N) is 1. The molecule has 0 radical (unpaired) electrons. The van der Waals surface area contributed by atoms with Gasteiger partial charge in [-0.3, -0.25) is 5.43 Å². The number of hydrazone groups is 1. The molecule has 4 nitrogen and oxygen atoms in total. The van der Waals surface area contributed by atoms with Crippen LogP contribution in [0.25, 0.3) is 0 Å². The molecule has 0 saturated heterocycles. The number of anilines is 2. The lowest BCUT2D eigenvalue weighted by Crippen LogP contribution is -2.44. The normalized spacial score (nSPS) is 13.6. The topological polar surface area (TPSA) is 30.9 Å². The van der Waals surface area contributed by atoms with E-state index in [2.05, 4.69) is 29.6 Å². The third-order valence-electron chi connectivity index (χ3n) is 2.96. The Morgan fingerprint density at radius 2 is 1.45 bits per heavy atom. The van der Waals surface area contributed by atoms with E-state index in [9.17, 15) is 0 Å². The van der Waals surface area contributed by atoms with Crippen molar-refractivity contribution < 1.29 is 0 Å². The maximum Gasteiger partial charge on any atom is 0.144 e. The first-order chi connectivity index (χ1) is 9.38. The van der Waals surface area contributed by atoms with Crippen LogP contribution in [-0.2, 0) is 0 Å². The van der Waals surface area contributed by atoms with Crippen molar-refractivity contribution in [3.8, 4) is 0 Å². The first-order valence-electron chi connectivity index (χ1n) is 6.43. The van der Waals surface area contributed by atoms with Crippen molar-refractivity contribution in [2.24, 2.45) is 5.10 Å². The molecule has 0 fully saturated rings. The van der Waals surface area contributed by atoms with Gasteiger partial charge in [-0.2, -0.15) is 10.2 Å². The second-order valence-electron chi connectivity index (χ2n) is 4.28. The molecule has 2 aromatic rings. The number of hydrazine groups is 2. The van der Waals surface area contributed by atoms with Crippen LogP contribution in [0.15, 0.2) is 65.8 Å². The van der Waals surface area contributed by atoms with Crippen LogP contribution in [0.1, 0.15) is 13.3 Å². The molecule has 0 atom stereocenters. The molecule has 104 valence electrons. The highest BCUT2D eigenvalue weighted by Gasteiger charge is 2.23. The van der Waals surface area contributed by atoms with Gasteiger partial charge in [0.2, 0.25) is 0 Å². The summed E-state index contributed by atoms with van der Waals surface area (Å²) >= 11 is 0. The first kappa shape index (κ1) is 14.2. The van der Waals surface area contributed by atoms with Crippen LogP contribution in [0.4, 0.5) is 11.4 Å². The van der Waals surface area contributed by atoms with Gasteiger partial charge in [-0.25, -0.2) is 0 Å². The minimum Gasteiger partial charge on any atom is -0.263 e. The number of para-hydroxylation sites is 2. The lowest BCUT2D eigenvalue weighted by molar-refractivity contribution is 0.768. The average Bonchev–Trinajstić information content (AvgIpc) is 2.93. The van der Waals surface area contributed by atoms with Crippen LogP contribution in [0.2, 0.25) is 0 Å². The molecule has 3 rings (SSSR count). The van der Waals surface area contributed by atoms with E-state index in [1.165, 1.54) is 0 Å². The summed E-state index contributed by atoms with van der Waals surface area (Å²) in [5.74, 6) is 0.952. The third-order valence-corrected chi connectivity index (χ3v) is 2.96. The lowest BCUT2D eigenvalue weighted by atomic mass is 10.3. The van der Waals surface area contributed by atoms with Gasteiger partial charge in [0.15, 0.2) is 0 Å². The minimum atomic E-state index is 0. The number of halogens is 1. The van der Waals surface area contributed by atoms with Gasteiger partial charge in [0, 0.05) is 6.42 Å². The zero-order valence-electron chi connectivity index (χ0n) is 11.2. The lowest BCUT2D eigenvalue weighted by Gasteiger charge is -2.27. The second-order valence-corrected chi connectivity index (χ2v) is 4.28. The van der Waals surface area contributed by atoms with Crippen molar-refractivity contribution in [1.82, 2.24) is 5.43 Å². The fourth-order valence-electron chi connectivity index (χ4n) is 1.98. The van der Waals surface area contributed by atoms with E-state index in [0.29, 0.717) is 0 Å². The van der Waals surface area contributed by atoms with Crippen molar-refractivity contribution in [3.05, 3.63) is 60.7 Å². The molecule has 1 N–H and O–H groups in total. The first-order valence-corrected chi connectivity index (χ1v) is 6.43. The summed E-state index contributed by atoms with van der Waals surface area (Å²) in [7, 11) is 0. The summed E-state index contributed by atoms with van der Waals surface area (Å²) in [6.07, 6.45) is 0.868. The molecule has 1 aliphatic rings. The SMILES string of the molecule is CCC1=NN(c2ccccc2)N(c2ccccc2)N1.Cl. The van der Waals surface area contributed by atoms with Gasteiger partial charge in [0.05, 0.1) is 11.4 Å². The summed E-state index contributed by atoms with van der Waals surface area (Å²) < 4.78 is 0. The summed E-state index contributed by atoms with van der Waals surface area (Å²) in [4.78, 5) is 0. The molecule has 0 aliphatic carbocycles. The van der Waals surface area contributed by atoms with Crippen molar-refractivity contribution in [1.29, 1.82) is 0 Å². The van der Waals surface area contributed by atoms with E-state index in [1.807, 2.05) is 58.8 Å². The predicted molar refractivity (Wildman–Crippen MR) is 86.0 cm³/mol. The molecule has 0 unspecified atom stereocenters. The molecule has 20 heavy (non-hydrogen) atoms. The molecule has 5 heteroatoms. The maximum absolute atomic E-state index is 4.60. The van der Waals surface area contributed by atoms with Gasteiger partial charge in [-0.15, -0.1) is 17.5 Å². The smallest absolute Gasteiger partial charge is 0.144 e. The van der Waals surface area contributed by atoms with Crippen LogP contribution in [0.5, 0.6) is 0 Å². The maximum atomic E-state index is 4.60. The number of rotatable bonds is 3. The van der Waals surface area contributed by atoms with Crippen molar-refractivity contribution in [2.75, 3.05) is 10.2 Å². The van der Waals surface area contributed by atoms with E-state index in [4.69, 9.17) is 0 Å². The molecule has 1 heterocycles. The second kappa shape index (κ2) is 6.30. The van der Waals surface area contributed by atoms with Crippen LogP contribution >= 0.6 is 12.4 Å². The Kier molecular flexibility index (Phi) is 4.48. The van der Waals surface area contributed by atoms with Crippen LogP contribution in [-0.4, -0.2) is 5.84 Å². The molecule has 0 bridgehead atoms. The number of hydrogen-bond acceptors (Lipinski definition) is 4. The Hall–Kier alpha value is -2.20. The van der Waals surface area contributed by atoms with Gasteiger partial charge in [0.25, 0.3) is 0 Å². The van der Waals surface area contributed by atoms with Gasteiger partial charge in [-0.1, -0.05) is 43.3 Å². The Balaban J connectivity index is 0.00000147. The quantitative estimate of drug-likeness (QED) is 0.936. The van der Waals surface area contributed by atoms with E-state index in [-0.39, 0.29) is 12.4 Å². The highest BCUT2D eigenvalue weighted by molar-refractivity contribution is 5.88. The monoisotopic (exact) mass is 288 g/mol. The standard InChI is InChI=1S/C15H16N4.ClH/c1-2-15-16-18(13-9-5-3-6-10-13)19(17-15)14-11-7-4-8-12-14;/h3-12H,2H2,1H3,(H,16,17);1H. The number of hydrogen-bond donors (Lipinski definition) is 1. The Morgan fingerprint density at radius 3 is 2.00 bits per heavy atom. The molecular formula is C15H17ClN4. The largest absolute Gasteiger partial charge is 0.263 e. The fourth-order valence-corrected chi connectivity index (χ4v) is 1.98. The Bertz CT molecular complexity index is 571. The van der Waals surface area contributed by atoms with E-state index >= 15 is 0 Å². The molecule has 0 saturated carbocycles. The van der Waals surface area contributed by atoms with Gasteiger partial charge >= 0.3 is 0 Å². The van der Waals surface area contributed by atoms with Crippen LogP contribution < -0.4 is 15.7 Å². The van der Waals surface area contributed by atoms with E-state index in [0.717, 1.165) is 23.6 Å². The molecule has 0 aromatic heterocycles. The molecule has 2 aromatic carbocycles. The number of amidine groups is 1. The number of benzene rings is 2. The molecule has 0 amide bonds. The average molecular weight is 289 g/mol. The summed E-state index contributed by atoms with van der Waals surface area (Å²) in [5.41, 5.74) is 5.40. The zero-order valence-corrected chi connectivity index (χ0v) is 12.0. The minimum absolute atomic E-state index is 0. The Morgan fingerprint density at radius 1 is 0.900 bits per heavy atom.